The van der Waals surface area contributed by atoms with E-state index in [1.54, 1.807) is 26.8 Å². The van der Waals surface area contributed by atoms with E-state index in [0.717, 1.165) is 19.3 Å². The molecule has 1 aromatic rings. The summed E-state index contributed by atoms with van der Waals surface area (Å²) in [5, 5.41) is 10.4. The molecule has 0 spiro atoms. The van der Waals surface area contributed by atoms with E-state index in [1.165, 1.54) is 14.0 Å². The van der Waals surface area contributed by atoms with Gasteiger partial charge in [-0.15, -0.1) is 0 Å². The molecule has 0 aromatic heterocycles. The largest absolute Gasteiger partial charge is 0.493 e. The van der Waals surface area contributed by atoms with Crippen molar-refractivity contribution in [2.75, 3.05) is 59.5 Å². The van der Waals surface area contributed by atoms with Gasteiger partial charge in [0.1, 0.15) is 12.7 Å². The summed E-state index contributed by atoms with van der Waals surface area (Å²) in [7, 11) is -1.89. The van der Waals surface area contributed by atoms with Crippen LogP contribution in [0.4, 0.5) is 0 Å². The molecular formula is C21H33N3O6S. The van der Waals surface area contributed by atoms with Gasteiger partial charge < -0.3 is 14.6 Å². The van der Waals surface area contributed by atoms with E-state index < -0.39 is 16.3 Å². The van der Waals surface area contributed by atoms with Crippen molar-refractivity contribution in [1.82, 2.24) is 13.5 Å². The van der Waals surface area contributed by atoms with E-state index in [4.69, 9.17) is 9.47 Å². The Balaban J connectivity index is 1.46. The van der Waals surface area contributed by atoms with Gasteiger partial charge >= 0.3 is 0 Å². The van der Waals surface area contributed by atoms with E-state index in [1.807, 2.05) is 4.90 Å². The van der Waals surface area contributed by atoms with Gasteiger partial charge in [0.25, 0.3) is 10.2 Å². The number of Topliss-reactive ketones (excluding diaryl/α,β-unsaturated/α-hetero) is 1. The summed E-state index contributed by atoms with van der Waals surface area (Å²) in [4.78, 5) is 13.5. The van der Waals surface area contributed by atoms with Crippen molar-refractivity contribution in [3.8, 4) is 11.5 Å². The first-order valence-corrected chi connectivity index (χ1v) is 12.2. The first-order valence-electron chi connectivity index (χ1n) is 10.8. The van der Waals surface area contributed by atoms with Crippen molar-refractivity contribution in [2.24, 2.45) is 0 Å². The first-order chi connectivity index (χ1) is 14.8. The predicted molar refractivity (Wildman–Crippen MR) is 117 cm³/mol. The van der Waals surface area contributed by atoms with Crippen LogP contribution in [0.3, 0.4) is 0 Å². The Morgan fingerprint density at radius 3 is 2.29 bits per heavy atom. The number of carbonyl (C=O) groups is 1. The molecule has 31 heavy (non-hydrogen) atoms. The fraction of sp³-hybridized carbons (Fsp3) is 0.667. The van der Waals surface area contributed by atoms with Crippen molar-refractivity contribution >= 4 is 16.0 Å². The van der Waals surface area contributed by atoms with Crippen molar-refractivity contribution < 1.29 is 27.8 Å². The summed E-state index contributed by atoms with van der Waals surface area (Å²) in [6.07, 6.45) is 2.20. The minimum atomic E-state index is -3.39. The number of ketones is 1. The lowest BCUT2D eigenvalue weighted by atomic mass is 10.1. The quantitative estimate of drug-likeness (QED) is 0.554. The Morgan fingerprint density at radius 1 is 1.03 bits per heavy atom. The summed E-state index contributed by atoms with van der Waals surface area (Å²) in [6.45, 7) is 5.15. The molecule has 0 bridgehead atoms. The third-order valence-electron chi connectivity index (χ3n) is 5.77. The molecule has 2 fully saturated rings. The number of benzene rings is 1. The van der Waals surface area contributed by atoms with Gasteiger partial charge in [0.05, 0.1) is 7.11 Å². The second kappa shape index (κ2) is 10.7. The molecule has 1 aromatic carbocycles. The number of hydrogen-bond acceptors (Lipinski definition) is 7. The first kappa shape index (κ1) is 23.9. The highest BCUT2D eigenvalue weighted by atomic mass is 32.2. The zero-order chi connectivity index (χ0) is 22.4. The molecule has 0 saturated carbocycles. The number of aliphatic hydroxyl groups is 1. The smallest absolute Gasteiger partial charge is 0.282 e. The van der Waals surface area contributed by atoms with E-state index in [9.17, 15) is 18.3 Å². The molecule has 0 radical (unpaired) electrons. The summed E-state index contributed by atoms with van der Waals surface area (Å²) in [6, 6.07) is 4.94. The molecule has 3 rings (SSSR count). The Kier molecular flexibility index (Phi) is 8.29. The minimum Gasteiger partial charge on any atom is -0.493 e. The van der Waals surface area contributed by atoms with Crippen molar-refractivity contribution in [3.05, 3.63) is 23.8 Å². The molecule has 1 unspecified atom stereocenters. The molecule has 0 amide bonds. The van der Waals surface area contributed by atoms with Gasteiger partial charge in [0.2, 0.25) is 0 Å². The normalized spacial score (nSPS) is 20.4. The Morgan fingerprint density at radius 2 is 1.68 bits per heavy atom. The van der Waals surface area contributed by atoms with Crippen LogP contribution >= 0.6 is 0 Å². The molecule has 9 nitrogen and oxygen atoms in total. The predicted octanol–water partition coefficient (Wildman–Crippen LogP) is 0.986. The summed E-state index contributed by atoms with van der Waals surface area (Å²) in [5.74, 6) is 0.840. The van der Waals surface area contributed by atoms with Crippen LogP contribution in [-0.2, 0) is 10.2 Å². The van der Waals surface area contributed by atoms with Crippen LogP contribution in [0.25, 0.3) is 0 Å². The highest BCUT2D eigenvalue weighted by Gasteiger charge is 2.33. The van der Waals surface area contributed by atoms with Gasteiger partial charge in [-0.1, -0.05) is 6.42 Å². The summed E-state index contributed by atoms with van der Waals surface area (Å²) in [5.41, 5.74) is 0.530. The zero-order valence-electron chi connectivity index (χ0n) is 18.3. The van der Waals surface area contributed by atoms with E-state index in [2.05, 4.69) is 0 Å². The third kappa shape index (κ3) is 6.17. The van der Waals surface area contributed by atoms with Gasteiger partial charge in [-0.2, -0.15) is 17.0 Å². The monoisotopic (exact) mass is 455 g/mol. The number of methoxy groups -OCH3 is 1. The Bertz CT molecular complexity index is 849. The number of rotatable bonds is 9. The number of nitrogens with zero attached hydrogens (tertiary/aromatic N) is 3. The summed E-state index contributed by atoms with van der Waals surface area (Å²) >= 11 is 0. The van der Waals surface area contributed by atoms with Crippen LogP contribution in [0, 0.1) is 0 Å². The van der Waals surface area contributed by atoms with Gasteiger partial charge in [-0.3, -0.25) is 9.69 Å². The standard InChI is InChI=1S/C21H33N3O6S/c1-17(25)18-6-7-20(21(14-18)29-2)30-16-19(26)15-22-10-12-24(13-11-22)31(27,28)23-8-4-3-5-9-23/h6-7,14,19,26H,3-5,8-13,15-16H2,1-2H3. The van der Waals surface area contributed by atoms with Gasteiger partial charge in [0, 0.05) is 51.4 Å². The van der Waals surface area contributed by atoms with Crippen LogP contribution in [0.2, 0.25) is 0 Å². The molecular weight excluding hydrogens is 422 g/mol. The molecule has 2 aliphatic heterocycles. The van der Waals surface area contributed by atoms with Crippen molar-refractivity contribution in [1.29, 1.82) is 0 Å². The van der Waals surface area contributed by atoms with Gasteiger partial charge in [-0.25, -0.2) is 0 Å². The van der Waals surface area contributed by atoms with Crippen LogP contribution in [-0.4, -0.2) is 98.5 Å². The maximum atomic E-state index is 12.8. The molecule has 2 aliphatic rings. The minimum absolute atomic E-state index is 0.0636. The number of hydrogen-bond donors (Lipinski definition) is 1. The average Bonchev–Trinajstić information content (AvgIpc) is 2.78. The van der Waals surface area contributed by atoms with Crippen LogP contribution in [0.15, 0.2) is 18.2 Å². The molecule has 0 aliphatic carbocycles. The third-order valence-corrected chi connectivity index (χ3v) is 7.80. The van der Waals surface area contributed by atoms with Crippen LogP contribution < -0.4 is 9.47 Å². The molecule has 10 heteroatoms. The molecule has 2 heterocycles. The van der Waals surface area contributed by atoms with Gasteiger partial charge in [-0.05, 0) is 38.0 Å². The van der Waals surface area contributed by atoms with Crippen LogP contribution in [0.5, 0.6) is 11.5 Å². The molecule has 1 N–H and O–H groups in total. The SMILES string of the molecule is COc1cc(C(C)=O)ccc1OCC(O)CN1CCN(S(=O)(=O)N2CCCCC2)CC1. The van der Waals surface area contributed by atoms with Gasteiger partial charge in [0.15, 0.2) is 17.3 Å². The molecule has 174 valence electrons. The number of ether oxygens (including phenoxy) is 2. The van der Waals surface area contributed by atoms with E-state index in [-0.39, 0.29) is 12.4 Å². The summed E-state index contributed by atoms with van der Waals surface area (Å²) < 4.78 is 39.7. The number of carbonyl (C=O) groups excluding carboxylic acids is 1. The number of piperazine rings is 1. The number of aliphatic hydroxyl groups excluding tert-OH is 1. The molecule has 2 saturated heterocycles. The lowest BCUT2D eigenvalue weighted by Crippen LogP contribution is -2.54. The highest BCUT2D eigenvalue weighted by Crippen LogP contribution is 2.28. The van der Waals surface area contributed by atoms with Crippen LogP contribution in [0.1, 0.15) is 36.5 Å². The lowest BCUT2D eigenvalue weighted by Gasteiger charge is -2.38. The Hall–Kier alpha value is -1.72. The second-order valence-corrected chi connectivity index (χ2v) is 9.98. The highest BCUT2D eigenvalue weighted by molar-refractivity contribution is 7.86. The topological polar surface area (TPSA) is 99.6 Å². The van der Waals surface area contributed by atoms with E-state index in [0.29, 0.717) is 62.9 Å². The number of piperidine rings is 1. The van der Waals surface area contributed by atoms with Crippen molar-refractivity contribution in [2.45, 2.75) is 32.3 Å². The molecule has 1 atom stereocenters. The average molecular weight is 456 g/mol. The fourth-order valence-corrected chi connectivity index (χ4v) is 5.62. The van der Waals surface area contributed by atoms with E-state index >= 15 is 0 Å². The number of β-amino-alcohol motifs (C(OH)–C–C–N with tert-alkyl or cyclic N) is 1. The lowest BCUT2D eigenvalue weighted by molar-refractivity contribution is 0.0553. The maximum Gasteiger partial charge on any atom is 0.282 e. The van der Waals surface area contributed by atoms with Crippen molar-refractivity contribution in [3.63, 3.8) is 0 Å². The zero-order valence-corrected chi connectivity index (χ0v) is 19.1. The maximum absolute atomic E-state index is 12.8. The fourth-order valence-electron chi connectivity index (χ4n) is 3.94. The Labute approximate surface area is 184 Å². The second-order valence-electron chi connectivity index (χ2n) is 8.05.